The summed E-state index contributed by atoms with van der Waals surface area (Å²) >= 11 is 12.1. The van der Waals surface area contributed by atoms with Crippen molar-refractivity contribution in [3.63, 3.8) is 0 Å². The van der Waals surface area contributed by atoms with Gasteiger partial charge in [-0.2, -0.15) is 5.10 Å². The van der Waals surface area contributed by atoms with Gasteiger partial charge in [-0.05, 0) is 52.0 Å². The lowest BCUT2D eigenvalue weighted by Crippen LogP contribution is -2.16. The maximum atomic E-state index is 13.0. The summed E-state index contributed by atoms with van der Waals surface area (Å²) in [4.78, 5) is 26.0. The van der Waals surface area contributed by atoms with Gasteiger partial charge in [-0.3, -0.25) is 4.79 Å². The summed E-state index contributed by atoms with van der Waals surface area (Å²) in [5, 5.41) is 8.13. The molecule has 4 rings (SSSR count). The highest BCUT2D eigenvalue weighted by molar-refractivity contribution is 6.35. The fourth-order valence-electron chi connectivity index (χ4n) is 3.52. The van der Waals surface area contributed by atoms with Gasteiger partial charge in [-0.1, -0.05) is 35.3 Å². The molecule has 8 nitrogen and oxygen atoms in total. The molecule has 0 aliphatic carbocycles. The lowest BCUT2D eigenvalue weighted by Gasteiger charge is -2.12. The molecule has 0 spiro atoms. The van der Waals surface area contributed by atoms with E-state index < -0.39 is 0 Å². The number of pyridine rings is 1. The predicted octanol–water partition coefficient (Wildman–Crippen LogP) is 5.57. The second-order valence-electron chi connectivity index (χ2n) is 7.78. The molecule has 0 unspecified atom stereocenters. The normalized spacial score (nSPS) is 10.9. The predicted molar refractivity (Wildman–Crippen MR) is 131 cm³/mol. The van der Waals surface area contributed by atoms with Crippen LogP contribution >= 0.6 is 23.2 Å². The number of para-hydroxylation sites is 2. The lowest BCUT2D eigenvalue weighted by molar-refractivity contribution is -0.115. The minimum absolute atomic E-state index is 0.122. The average molecular weight is 497 g/mol. The number of carbonyl (C=O) groups is 1. The first-order valence-corrected chi connectivity index (χ1v) is 11.2. The molecule has 3 aromatic heterocycles. The van der Waals surface area contributed by atoms with Gasteiger partial charge in [0.25, 0.3) is 5.95 Å². The summed E-state index contributed by atoms with van der Waals surface area (Å²) in [7, 11) is 0. The molecule has 0 saturated heterocycles. The van der Waals surface area contributed by atoms with Crippen LogP contribution in [0.2, 0.25) is 10.0 Å². The molecule has 0 radical (unpaired) electrons. The van der Waals surface area contributed by atoms with Crippen molar-refractivity contribution < 1.29 is 9.53 Å². The third-order valence-corrected chi connectivity index (χ3v) is 5.56. The average Bonchev–Trinajstić information content (AvgIpc) is 3.04. The van der Waals surface area contributed by atoms with Gasteiger partial charge < -0.3 is 10.1 Å². The number of nitrogens with zero attached hydrogens (tertiary/aromatic N) is 5. The summed E-state index contributed by atoms with van der Waals surface area (Å²) in [5.74, 6) is 0.851. The third-order valence-electron chi connectivity index (χ3n) is 5.08. The second kappa shape index (κ2) is 9.79. The first-order chi connectivity index (χ1) is 16.2. The number of hydrogen-bond donors (Lipinski definition) is 1. The Balaban J connectivity index is 1.54. The Labute approximate surface area is 206 Å². The number of benzene rings is 1. The number of nitrogens with one attached hydrogen (secondary N) is 1. The Kier molecular flexibility index (Phi) is 6.81. The zero-order valence-electron chi connectivity index (χ0n) is 19.1. The van der Waals surface area contributed by atoms with E-state index in [1.807, 2.05) is 33.8 Å². The smallest absolute Gasteiger partial charge is 0.251 e. The molecular formula is C24H22Cl2N6O2. The molecule has 4 aromatic rings. The van der Waals surface area contributed by atoms with Crippen LogP contribution in [-0.4, -0.2) is 30.6 Å². The fraction of sp³-hybridized carbons (Fsp3) is 0.208. The number of ether oxygens (including phenoxy) is 1. The summed E-state index contributed by atoms with van der Waals surface area (Å²) in [6.45, 7) is 7.57. The summed E-state index contributed by atoms with van der Waals surface area (Å²) in [6, 6.07) is 10.5. The maximum Gasteiger partial charge on any atom is 0.251 e. The van der Waals surface area contributed by atoms with Crippen molar-refractivity contribution in [2.75, 3.05) is 5.32 Å². The molecule has 3 heterocycles. The number of hydrogen-bond acceptors (Lipinski definition) is 6. The van der Waals surface area contributed by atoms with Gasteiger partial charge in [-0.15, -0.1) is 0 Å². The maximum absolute atomic E-state index is 13.0. The van der Waals surface area contributed by atoms with E-state index in [2.05, 4.69) is 25.4 Å². The molecular weight excluding hydrogens is 475 g/mol. The monoisotopic (exact) mass is 496 g/mol. The van der Waals surface area contributed by atoms with Crippen molar-refractivity contribution in [2.24, 2.45) is 0 Å². The van der Waals surface area contributed by atoms with Gasteiger partial charge in [0.05, 0.1) is 22.8 Å². The standard InChI is InChI=1S/C24H22Cl2N6O2/c1-13-9-14(2)29-24(28-13)32-16(4)18(15(3)31-32)11-22(33)30-20-7-5-6-8-21(20)34-23-19(26)10-17(25)12-27-23/h5-10,12H,11H2,1-4H3,(H,30,33). The van der Waals surface area contributed by atoms with E-state index in [9.17, 15) is 4.79 Å². The third kappa shape index (κ3) is 5.18. The molecule has 1 amide bonds. The first-order valence-electron chi connectivity index (χ1n) is 10.5. The van der Waals surface area contributed by atoms with Crippen LogP contribution in [0.4, 0.5) is 5.69 Å². The Bertz CT molecular complexity index is 1370. The molecule has 34 heavy (non-hydrogen) atoms. The van der Waals surface area contributed by atoms with E-state index >= 15 is 0 Å². The Morgan fingerprint density at radius 3 is 2.47 bits per heavy atom. The molecule has 10 heteroatoms. The van der Waals surface area contributed by atoms with Gasteiger partial charge in [-0.25, -0.2) is 19.6 Å². The number of halogens is 2. The summed E-state index contributed by atoms with van der Waals surface area (Å²) in [5.41, 5.74) is 4.53. The van der Waals surface area contributed by atoms with Crippen LogP contribution in [0, 0.1) is 27.7 Å². The largest absolute Gasteiger partial charge is 0.435 e. The van der Waals surface area contributed by atoms with Gasteiger partial charge >= 0.3 is 0 Å². The van der Waals surface area contributed by atoms with Crippen LogP contribution in [0.5, 0.6) is 11.6 Å². The SMILES string of the molecule is Cc1cc(C)nc(-n2nc(C)c(CC(=O)Nc3ccccc3Oc3ncc(Cl)cc3Cl)c2C)n1. The number of aromatic nitrogens is 5. The molecule has 0 bridgehead atoms. The number of amides is 1. The zero-order valence-corrected chi connectivity index (χ0v) is 20.6. The van der Waals surface area contributed by atoms with E-state index in [1.54, 1.807) is 28.9 Å². The van der Waals surface area contributed by atoms with Crippen molar-refractivity contribution in [3.8, 4) is 17.6 Å². The Morgan fingerprint density at radius 1 is 1.06 bits per heavy atom. The Hall–Kier alpha value is -3.49. The number of anilines is 1. The molecule has 0 saturated carbocycles. The lowest BCUT2D eigenvalue weighted by atomic mass is 10.1. The fourth-order valence-corrected chi connectivity index (χ4v) is 3.94. The van der Waals surface area contributed by atoms with Crippen LogP contribution in [-0.2, 0) is 11.2 Å². The number of rotatable bonds is 6. The highest BCUT2D eigenvalue weighted by Gasteiger charge is 2.19. The minimum atomic E-state index is -0.224. The topological polar surface area (TPSA) is 94.8 Å². The molecule has 174 valence electrons. The zero-order chi connectivity index (χ0) is 24.4. The van der Waals surface area contributed by atoms with E-state index in [-0.39, 0.29) is 23.2 Å². The van der Waals surface area contributed by atoms with Gasteiger partial charge in [0.1, 0.15) is 5.02 Å². The molecule has 0 aliphatic heterocycles. The van der Waals surface area contributed by atoms with Crippen LogP contribution in [0.3, 0.4) is 0 Å². The number of aryl methyl sites for hydroxylation is 3. The quantitative estimate of drug-likeness (QED) is 0.374. The van der Waals surface area contributed by atoms with Crippen LogP contribution in [0.1, 0.15) is 28.3 Å². The second-order valence-corrected chi connectivity index (χ2v) is 8.62. The van der Waals surface area contributed by atoms with Gasteiger partial charge in [0.2, 0.25) is 11.8 Å². The molecule has 0 fully saturated rings. The molecule has 0 atom stereocenters. The van der Waals surface area contributed by atoms with Crippen molar-refractivity contribution in [3.05, 3.63) is 81.0 Å². The minimum Gasteiger partial charge on any atom is -0.435 e. The highest BCUT2D eigenvalue weighted by atomic mass is 35.5. The van der Waals surface area contributed by atoms with Gasteiger partial charge in [0.15, 0.2) is 5.75 Å². The van der Waals surface area contributed by atoms with E-state index in [4.69, 9.17) is 27.9 Å². The molecule has 0 aliphatic rings. The summed E-state index contributed by atoms with van der Waals surface area (Å²) in [6.07, 6.45) is 1.56. The summed E-state index contributed by atoms with van der Waals surface area (Å²) < 4.78 is 7.50. The molecule has 1 aromatic carbocycles. The number of carbonyl (C=O) groups excluding carboxylic acids is 1. The van der Waals surface area contributed by atoms with E-state index in [0.29, 0.717) is 22.4 Å². The van der Waals surface area contributed by atoms with Crippen LogP contribution in [0.25, 0.3) is 5.95 Å². The Morgan fingerprint density at radius 2 is 1.76 bits per heavy atom. The highest BCUT2D eigenvalue weighted by Crippen LogP contribution is 2.33. The van der Waals surface area contributed by atoms with Crippen LogP contribution in [0.15, 0.2) is 42.6 Å². The van der Waals surface area contributed by atoms with Crippen molar-refractivity contribution in [1.82, 2.24) is 24.7 Å². The van der Waals surface area contributed by atoms with Crippen LogP contribution < -0.4 is 10.1 Å². The molecule has 1 N–H and O–H groups in total. The van der Waals surface area contributed by atoms with Gasteiger partial charge in [0, 0.05) is 28.8 Å². The first kappa shape index (κ1) is 23.7. The van der Waals surface area contributed by atoms with Crippen molar-refractivity contribution >= 4 is 34.8 Å². The van der Waals surface area contributed by atoms with Crippen molar-refractivity contribution in [2.45, 2.75) is 34.1 Å². The van der Waals surface area contributed by atoms with E-state index in [1.165, 1.54) is 12.3 Å². The van der Waals surface area contributed by atoms with Crippen molar-refractivity contribution in [1.29, 1.82) is 0 Å². The van der Waals surface area contributed by atoms with E-state index in [0.717, 1.165) is 28.3 Å².